The number of aromatic hydroxyl groups is 1. The number of phenols is 1. The number of guanidine groups is 1. The van der Waals surface area contributed by atoms with Gasteiger partial charge in [-0.05, 0) is 43.9 Å². The van der Waals surface area contributed by atoms with Gasteiger partial charge in [0.25, 0.3) is 0 Å². The van der Waals surface area contributed by atoms with E-state index in [9.17, 15) is 9.32 Å². The Bertz CT molecular complexity index is 583. The van der Waals surface area contributed by atoms with Gasteiger partial charge in [0.05, 0.1) is 6.54 Å². The molecule has 25 heavy (non-hydrogen) atoms. The number of rotatable bonds is 6. The first-order valence-electron chi connectivity index (χ1n) is 8.82. The minimum Gasteiger partial charge on any atom is -0.508 e. The first kappa shape index (κ1) is 22.2. The van der Waals surface area contributed by atoms with Gasteiger partial charge in [0, 0.05) is 34.4 Å². The van der Waals surface area contributed by atoms with Crippen LogP contribution in [-0.4, -0.2) is 38.9 Å². The normalized spacial score (nSPS) is 21.9. The van der Waals surface area contributed by atoms with Gasteiger partial charge >= 0.3 is 0 Å². The number of nitrogens with one attached hydrogen (secondary N) is 2. The first-order chi connectivity index (χ1) is 11.6. The lowest BCUT2D eigenvalue weighted by molar-refractivity contribution is 0.413. The molecule has 3 N–H and O–H groups in total. The summed E-state index contributed by atoms with van der Waals surface area (Å²) in [4.78, 5) is 4.62. The van der Waals surface area contributed by atoms with E-state index >= 15 is 0 Å². The highest BCUT2D eigenvalue weighted by Gasteiger charge is 2.25. The highest BCUT2D eigenvalue weighted by atomic mass is 127. The van der Waals surface area contributed by atoms with Crippen molar-refractivity contribution in [1.82, 2.24) is 10.6 Å². The molecule has 1 saturated carbocycles. The molecule has 0 amide bonds. The van der Waals surface area contributed by atoms with Crippen LogP contribution in [0.3, 0.4) is 0 Å². The largest absolute Gasteiger partial charge is 0.508 e. The van der Waals surface area contributed by atoms with Crippen molar-refractivity contribution in [2.24, 2.45) is 4.99 Å². The van der Waals surface area contributed by atoms with Crippen LogP contribution in [0.25, 0.3) is 0 Å². The molecule has 2 rings (SSSR count). The molecule has 0 bridgehead atoms. The second-order valence-corrected chi connectivity index (χ2v) is 8.17. The molecule has 142 valence electrons. The Morgan fingerprint density at radius 2 is 2.16 bits per heavy atom. The molecule has 7 heteroatoms. The summed E-state index contributed by atoms with van der Waals surface area (Å²) in [6.45, 7) is 5.35. The van der Waals surface area contributed by atoms with Crippen molar-refractivity contribution in [1.29, 1.82) is 0 Å². The van der Waals surface area contributed by atoms with Crippen LogP contribution in [0.5, 0.6) is 5.75 Å². The lowest BCUT2D eigenvalue weighted by Crippen LogP contribution is -2.46. The van der Waals surface area contributed by atoms with Crippen LogP contribution < -0.4 is 10.6 Å². The van der Waals surface area contributed by atoms with Gasteiger partial charge in [-0.3, -0.25) is 4.21 Å². The summed E-state index contributed by atoms with van der Waals surface area (Å²) >= 11 is 0. The third-order valence-corrected chi connectivity index (χ3v) is 6.04. The molecule has 1 aliphatic carbocycles. The summed E-state index contributed by atoms with van der Waals surface area (Å²) < 4.78 is 12.1. The first-order valence-corrected chi connectivity index (χ1v) is 10.2. The van der Waals surface area contributed by atoms with E-state index in [2.05, 4.69) is 15.6 Å². The number of aliphatic imine (C=N–C) groups is 1. The number of hydrogen-bond acceptors (Lipinski definition) is 3. The third-order valence-electron chi connectivity index (χ3n) is 4.30. The fraction of sp³-hybridized carbons (Fsp3) is 0.611. The molecular weight excluding hydrogens is 449 g/mol. The molecule has 0 radical (unpaired) electrons. The van der Waals surface area contributed by atoms with Gasteiger partial charge < -0.3 is 15.7 Å². The van der Waals surface area contributed by atoms with E-state index in [-0.39, 0.29) is 29.7 Å². The maximum atomic E-state index is 12.1. The predicted molar refractivity (Wildman–Crippen MR) is 116 cm³/mol. The monoisotopic (exact) mass is 479 g/mol. The second kappa shape index (κ2) is 11.7. The maximum Gasteiger partial charge on any atom is 0.191 e. The molecule has 3 atom stereocenters. The lowest BCUT2D eigenvalue weighted by atomic mass is 9.95. The van der Waals surface area contributed by atoms with E-state index in [1.54, 1.807) is 12.1 Å². The summed E-state index contributed by atoms with van der Waals surface area (Å²) in [5.41, 5.74) is 0.973. The third kappa shape index (κ3) is 7.52. The highest BCUT2D eigenvalue weighted by molar-refractivity contribution is 14.0. The summed E-state index contributed by atoms with van der Waals surface area (Å²) in [6, 6.07) is 7.49. The molecule has 0 aliphatic heterocycles. The van der Waals surface area contributed by atoms with Gasteiger partial charge in [-0.15, -0.1) is 24.0 Å². The molecule has 0 aromatic heterocycles. The Morgan fingerprint density at radius 1 is 1.36 bits per heavy atom. The summed E-state index contributed by atoms with van der Waals surface area (Å²) in [5, 5.41) is 16.6. The van der Waals surface area contributed by atoms with Crippen LogP contribution in [0.1, 0.15) is 45.1 Å². The number of hydrogen-bond donors (Lipinski definition) is 3. The Morgan fingerprint density at radius 3 is 2.84 bits per heavy atom. The van der Waals surface area contributed by atoms with Crippen molar-refractivity contribution in [3.63, 3.8) is 0 Å². The standard InChI is InChI=1S/C18H29N3O2S.HI/c1-3-19-18(20-13-14-7-5-9-16(22)11-14)21-15-8-6-10-17(12-15)24(23)4-2;/h5,7,9,11,15,17,22H,3-4,6,8,10,12-13H2,1-2H3,(H2,19,20,21);1H. The van der Waals surface area contributed by atoms with Crippen molar-refractivity contribution in [3.05, 3.63) is 29.8 Å². The van der Waals surface area contributed by atoms with Gasteiger partial charge in [0.15, 0.2) is 5.96 Å². The van der Waals surface area contributed by atoms with Crippen molar-refractivity contribution >= 4 is 40.7 Å². The van der Waals surface area contributed by atoms with E-state index in [0.29, 0.717) is 17.8 Å². The molecule has 1 fully saturated rings. The number of nitrogens with zero attached hydrogens (tertiary/aromatic N) is 1. The quantitative estimate of drug-likeness (QED) is 0.333. The predicted octanol–water partition coefficient (Wildman–Crippen LogP) is 3.15. The zero-order valence-corrected chi connectivity index (χ0v) is 18.2. The van der Waals surface area contributed by atoms with Crippen LogP contribution in [0.4, 0.5) is 0 Å². The van der Waals surface area contributed by atoms with Crippen LogP contribution in [-0.2, 0) is 17.3 Å². The molecule has 3 unspecified atom stereocenters. The van der Waals surface area contributed by atoms with Crippen LogP contribution in [0.15, 0.2) is 29.3 Å². The van der Waals surface area contributed by atoms with Gasteiger partial charge in [-0.2, -0.15) is 0 Å². The fourth-order valence-corrected chi connectivity index (χ4v) is 4.44. The second-order valence-electron chi connectivity index (χ2n) is 6.16. The molecule has 0 spiro atoms. The van der Waals surface area contributed by atoms with E-state index in [1.165, 1.54) is 0 Å². The van der Waals surface area contributed by atoms with Crippen molar-refractivity contribution < 1.29 is 9.32 Å². The molecule has 0 saturated heterocycles. The summed E-state index contributed by atoms with van der Waals surface area (Å²) in [5.74, 6) is 1.79. The Kier molecular flexibility index (Phi) is 10.4. The van der Waals surface area contributed by atoms with Crippen molar-refractivity contribution in [2.75, 3.05) is 12.3 Å². The number of halogens is 1. The molecule has 5 nitrogen and oxygen atoms in total. The zero-order chi connectivity index (χ0) is 17.4. The molecule has 1 aromatic rings. The molecular formula is C18H30IN3O2S. The average Bonchev–Trinajstić information content (AvgIpc) is 2.59. The molecule has 0 heterocycles. The molecule has 1 aliphatic rings. The van der Waals surface area contributed by atoms with Crippen LogP contribution in [0.2, 0.25) is 0 Å². The Hall–Kier alpha value is -0.830. The van der Waals surface area contributed by atoms with E-state index in [4.69, 9.17) is 0 Å². The van der Waals surface area contributed by atoms with Crippen molar-refractivity contribution in [2.45, 2.75) is 57.4 Å². The van der Waals surface area contributed by atoms with Crippen LogP contribution in [0, 0.1) is 0 Å². The minimum atomic E-state index is -0.717. The van der Waals surface area contributed by atoms with Crippen LogP contribution >= 0.6 is 24.0 Å². The topological polar surface area (TPSA) is 73.7 Å². The van der Waals surface area contributed by atoms with Gasteiger partial charge in [0.2, 0.25) is 0 Å². The van der Waals surface area contributed by atoms with E-state index < -0.39 is 10.8 Å². The van der Waals surface area contributed by atoms with Gasteiger partial charge in [0.1, 0.15) is 5.75 Å². The molecule has 1 aromatic carbocycles. The van der Waals surface area contributed by atoms with E-state index in [0.717, 1.165) is 49.5 Å². The van der Waals surface area contributed by atoms with E-state index in [1.807, 2.05) is 26.0 Å². The Balaban J connectivity index is 0.00000312. The SMILES string of the molecule is CCNC(=NCc1cccc(O)c1)NC1CCCC(S(=O)CC)C1.I. The highest BCUT2D eigenvalue weighted by Crippen LogP contribution is 2.23. The van der Waals surface area contributed by atoms with Crippen molar-refractivity contribution in [3.8, 4) is 5.75 Å². The van der Waals surface area contributed by atoms with Gasteiger partial charge in [-0.1, -0.05) is 25.5 Å². The number of benzene rings is 1. The average molecular weight is 479 g/mol. The van der Waals surface area contributed by atoms with Gasteiger partial charge in [-0.25, -0.2) is 4.99 Å². The lowest BCUT2D eigenvalue weighted by Gasteiger charge is -2.30. The Labute approximate surface area is 170 Å². The number of phenolic OH excluding ortho intramolecular Hbond substituents is 1. The zero-order valence-electron chi connectivity index (χ0n) is 15.0. The fourth-order valence-electron chi connectivity index (χ4n) is 3.09. The summed E-state index contributed by atoms with van der Waals surface area (Å²) in [7, 11) is -0.717. The summed E-state index contributed by atoms with van der Waals surface area (Å²) in [6.07, 6.45) is 4.21. The minimum absolute atomic E-state index is 0. The maximum absolute atomic E-state index is 12.1. The smallest absolute Gasteiger partial charge is 0.191 e.